The van der Waals surface area contributed by atoms with E-state index in [1.807, 2.05) is 0 Å². The molecule has 0 amide bonds. The SMILES string of the molecule is CC1CNCCN1C1C[C@H]1C. The van der Waals surface area contributed by atoms with Gasteiger partial charge in [0, 0.05) is 31.7 Å². The van der Waals surface area contributed by atoms with Crippen LogP contribution in [0.1, 0.15) is 20.3 Å². The Bertz CT molecular complexity index is 144. The smallest absolute Gasteiger partial charge is 0.0195 e. The van der Waals surface area contributed by atoms with Gasteiger partial charge >= 0.3 is 0 Å². The molecule has 0 aromatic rings. The van der Waals surface area contributed by atoms with E-state index in [-0.39, 0.29) is 0 Å². The van der Waals surface area contributed by atoms with Gasteiger partial charge in [0.1, 0.15) is 0 Å². The van der Waals surface area contributed by atoms with Crippen molar-refractivity contribution in [3.63, 3.8) is 0 Å². The van der Waals surface area contributed by atoms with Crippen molar-refractivity contribution in [1.29, 1.82) is 0 Å². The van der Waals surface area contributed by atoms with Crippen LogP contribution in [0.25, 0.3) is 0 Å². The first-order valence-corrected chi connectivity index (χ1v) is 4.75. The zero-order valence-corrected chi connectivity index (χ0v) is 7.51. The molecule has 1 aliphatic heterocycles. The second-order valence-corrected chi connectivity index (χ2v) is 4.07. The molecule has 0 radical (unpaired) electrons. The summed E-state index contributed by atoms with van der Waals surface area (Å²) in [5.74, 6) is 0.968. The Morgan fingerprint density at radius 1 is 1.36 bits per heavy atom. The molecule has 2 nitrogen and oxygen atoms in total. The van der Waals surface area contributed by atoms with Gasteiger partial charge < -0.3 is 5.32 Å². The van der Waals surface area contributed by atoms with Crippen LogP contribution in [-0.4, -0.2) is 36.6 Å². The van der Waals surface area contributed by atoms with Crippen LogP contribution in [0.4, 0.5) is 0 Å². The minimum Gasteiger partial charge on any atom is -0.314 e. The van der Waals surface area contributed by atoms with Crippen LogP contribution in [0.2, 0.25) is 0 Å². The highest BCUT2D eigenvalue weighted by atomic mass is 15.3. The normalized spacial score (nSPS) is 45.8. The van der Waals surface area contributed by atoms with Gasteiger partial charge in [0.15, 0.2) is 0 Å². The third-order valence-electron chi connectivity index (χ3n) is 3.05. The molecule has 3 atom stereocenters. The molecule has 1 aliphatic carbocycles. The lowest BCUT2D eigenvalue weighted by Crippen LogP contribution is -2.50. The van der Waals surface area contributed by atoms with Gasteiger partial charge in [-0.1, -0.05) is 6.92 Å². The monoisotopic (exact) mass is 154 g/mol. The predicted molar refractivity (Wildman–Crippen MR) is 46.6 cm³/mol. The molecule has 2 aliphatic rings. The Balaban J connectivity index is 1.90. The number of hydrogen-bond acceptors (Lipinski definition) is 2. The van der Waals surface area contributed by atoms with E-state index in [0.29, 0.717) is 0 Å². The Kier molecular flexibility index (Phi) is 1.90. The van der Waals surface area contributed by atoms with Crippen LogP contribution >= 0.6 is 0 Å². The van der Waals surface area contributed by atoms with E-state index in [1.54, 1.807) is 0 Å². The van der Waals surface area contributed by atoms with Crippen molar-refractivity contribution in [1.82, 2.24) is 10.2 Å². The van der Waals surface area contributed by atoms with E-state index in [2.05, 4.69) is 24.1 Å². The summed E-state index contributed by atoms with van der Waals surface area (Å²) in [5.41, 5.74) is 0. The number of nitrogens with zero attached hydrogens (tertiary/aromatic N) is 1. The maximum absolute atomic E-state index is 3.42. The Morgan fingerprint density at radius 2 is 2.09 bits per heavy atom. The van der Waals surface area contributed by atoms with Gasteiger partial charge in [-0.3, -0.25) is 4.90 Å². The highest BCUT2D eigenvalue weighted by Crippen LogP contribution is 2.36. The minimum absolute atomic E-state index is 0.763. The Morgan fingerprint density at radius 3 is 2.64 bits per heavy atom. The fourth-order valence-corrected chi connectivity index (χ4v) is 2.11. The van der Waals surface area contributed by atoms with Gasteiger partial charge in [0.25, 0.3) is 0 Å². The van der Waals surface area contributed by atoms with Crippen LogP contribution in [0.5, 0.6) is 0 Å². The summed E-state index contributed by atoms with van der Waals surface area (Å²) in [4.78, 5) is 2.67. The summed E-state index contributed by atoms with van der Waals surface area (Å²) in [7, 11) is 0. The van der Waals surface area contributed by atoms with Crippen molar-refractivity contribution >= 4 is 0 Å². The van der Waals surface area contributed by atoms with Gasteiger partial charge in [-0.25, -0.2) is 0 Å². The van der Waals surface area contributed by atoms with E-state index in [4.69, 9.17) is 0 Å². The number of piperazine rings is 1. The molecular weight excluding hydrogens is 136 g/mol. The zero-order valence-electron chi connectivity index (χ0n) is 7.51. The molecule has 0 aromatic carbocycles. The highest BCUT2D eigenvalue weighted by molar-refractivity contribution is 4.95. The molecule has 2 rings (SSSR count). The Labute approximate surface area is 69.0 Å². The molecule has 1 saturated carbocycles. The van der Waals surface area contributed by atoms with Gasteiger partial charge in [-0.2, -0.15) is 0 Å². The molecule has 2 unspecified atom stereocenters. The first kappa shape index (κ1) is 7.56. The quantitative estimate of drug-likeness (QED) is 0.598. The second kappa shape index (κ2) is 2.76. The van der Waals surface area contributed by atoms with E-state index in [0.717, 1.165) is 18.0 Å². The van der Waals surface area contributed by atoms with Crippen molar-refractivity contribution in [3.8, 4) is 0 Å². The zero-order chi connectivity index (χ0) is 7.84. The number of rotatable bonds is 1. The third kappa shape index (κ3) is 1.42. The fourth-order valence-electron chi connectivity index (χ4n) is 2.11. The lowest BCUT2D eigenvalue weighted by Gasteiger charge is -2.34. The number of nitrogens with one attached hydrogen (secondary N) is 1. The van der Waals surface area contributed by atoms with Gasteiger partial charge in [0.05, 0.1) is 0 Å². The summed E-state index contributed by atoms with van der Waals surface area (Å²) >= 11 is 0. The maximum atomic E-state index is 3.42. The van der Waals surface area contributed by atoms with Crippen LogP contribution in [0.3, 0.4) is 0 Å². The molecule has 64 valence electrons. The minimum atomic E-state index is 0.763. The summed E-state index contributed by atoms with van der Waals surface area (Å²) in [5, 5.41) is 3.42. The molecule has 0 aromatic heterocycles. The molecule has 1 heterocycles. The van der Waals surface area contributed by atoms with Crippen LogP contribution in [-0.2, 0) is 0 Å². The average molecular weight is 154 g/mol. The summed E-state index contributed by atoms with van der Waals surface area (Å²) in [6.07, 6.45) is 1.43. The van der Waals surface area contributed by atoms with Crippen LogP contribution in [0.15, 0.2) is 0 Å². The fraction of sp³-hybridized carbons (Fsp3) is 1.00. The molecule has 2 fully saturated rings. The standard InChI is InChI=1S/C9H18N2/c1-7-5-9(7)11-4-3-10-6-8(11)2/h7-10H,3-6H2,1-2H3/t7-,8?,9?/m1/s1. The van der Waals surface area contributed by atoms with Crippen LogP contribution in [0, 0.1) is 5.92 Å². The molecule has 2 heteroatoms. The first-order chi connectivity index (χ1) is 5.29. The van der Waals surface area contributed by atoms with E-state index < -0.39 is 0 Å². The largest absolute Gasteiger partial charge is 0.314 e. The summed E-state index contributed by atoms with van der Waals surface area (Å²) < 4.78 is 0. The van der Waals surface area contributed by atoms with E-state index in [9.17, 15) is 0 Å². The van der Waals surface area contributed by atoms with Crippen molar-refractivity contribution in [3.05, 3.63) is 0 Å². The second-order valence-electron chi connectivity index (χ2n) is 4.07. The Hall–Kier alpha value is -0.0800. The van der Waals surface area contributed by atoms with Gasteiger partial charge in [-0.05, 0) is 19.3 Å². The number of hydrogen-bond donors (Lipinski definition) is 1. The highest BCUT2D eigenvalue weighted by Gasteiger charge is 2.40. The van der Waals surface area contributed by atoms with Crippen LogP contribution < -0.4 is 5.32 Å². The van der Waals surface area contributed by atoms with Crippen molar-refractivity contribution < 1.29 is 0 Å². The summed E-state index contributed by atoms with van der Waals surface area (Å²) in [6.45, 7) is 8.32. The van der Waals surface area contributed by atoms with Gasteiger partial charge in [0.2, 0.25) is 0 Å². The molecule has 0 bridgehead atoms. The van der Waals surface area contributed by atoms with Gasteiger partial charge in [-0.15, -0.1) is 0 Å². The topological polar surface area (TPSA) is 15.3 Å². The van der Waals surface area contributed by atoms with Crippen molar-refractivity contribution in [2.45, 2.75) is 32.4 Å². The first-order valence-electron chi connectivity index (χ1n) is 4.75. The third-order valence-corrected chi connectivity index (χ3v) is 3.05. The lowest BCUT2D eigenvalue weighted by atomic mass is 10.2. The molecule has 1 N–H and O–H groups in total. The predicted octanol–water partition coefficient (Wildman–Crippen LogP) is 0.688. The van der Waals surface area contributed by atoms with E-state index >= 15 is 0 Å². The van der Waals surface area contributed by atoms with E-state index in [1.165, 1.54) is 26.1 Å². The molecule has 0 spiro atoms. The lowest BCUT2D eigenvalue weighted by molar-refractivity contribution is 0.158. The maximum Gasteiger partial charge on any atom is 0.0195 e. The van der Waals surface area contributed by atoms with Crippen molar-refractivity contribution in [2.24, 2.45) is 5.92 Å². The average Bonchev–Trinajstić information content (AvgIpc) is 2.68. The molecule has 11 heavy (non-hydrogen) atoms. The molecular formula is C9H18N2. The molecule has 1 saturated heterocycles. The van der Waals surface area contributed by atoms with Crippen molar-refractivity contribution in [2.75, 3.05) is 19.6 Å². The summed E-state index contributed by atoms with van der Waals surface area (Å²) in [6, 6.07) is 1.69.